The number of benzene rings is 1. The number of carbonyl (C=O) groups is 1. The summed E-state index contributed by atoms with van der Waals surface area (Å²) in [4.78, 5) is 23.0. The molecule has 0 fully saturated rings. The third kappa shape index (κ3) is 3.33. The van der Waals surface area contributed by atoms with Gasteiger partial charge in [-0.2, -0.15) is 0 Å². The first-order valence-electron chi connectivity index (χ1n) is 5.14. The van der Waals surface area contributed by atoms with E-state index in [1.807, 2.05) is 0 Å². The van der Waals surface area contributed by atoms with E-state index >= 15 is 0 Å². The van der Waals surface area contributed by atoms with Crippen LogP contribution in [0.3, 0.4) is 0 Å². The molecule has 1 unspecified atom stereocenters. The first-order chi connectivity index (χ1) is 8.32. The van der Waals surface area contributed by atoms with Gasteiger partial charge in [0.15, 0.2) is 6.10 Å². The maximum Gasteiger partial charge on any atom is 0.273 e. The van der Waals surface area contributed by atoms with Gasteiger partial charge >= 0.3 is 0 Å². The van der Waals surface area contributed by atoms with Gasteiger partial charge in [-0.1, -0.05) is 11.6 Å². The van der Waals surface area contributed by atoms with Gasteiger partial charge in [0.1, 0.15) is 5.75 Å². The van der Waals surface area contributed by atoms with E-state index < -0.39 is 11.0 Å². The molecule has 0 saturated carbocycles. The van der Waals surface area contributed by atoms with Crippen molar-refractivity contribution in [1.29, 1.82) is 0 Å². The lowest BCUT2D eigenvalue weighted by atomic mass is 10.3. The SMILES string of the molecule is CC(Oc1cc([N+](=O)[O-])ccc1Cl)C(=O)N(C)C. The van der Waals surface area contributed by atoms with E-state index in [-0.39, 0.29) is 22.4 Å². The van der Waals surface area contributed by atoms with E-state index in [1.54, 1.807) is 21.0 Å². The molecular weight excluding hydrogens is 260 g/mol. The Morgan fingerprint density at radius 3 is 2.61 bits per heavy atom. The topological polar surface area (TPSA) is 72.7 Å². The number of halogens is 1. The molecule has 1 aromatic rings. The lowest BCUT2D eigenvalue weighted by Gasteiger charge is -2.18. The Bertz CT molecular complexity index is 476. The fraction of sp³-hybridized carbons (Fsp3) is 0.364. The third-order valence-electron chi connectivity index (χ3n) is 2.22. The van der Waals surface area contributed by atoms with Gasteiger partial charge in [0.2, 0.25) is 0 Å². The van der Waals surface area contributed by atoms with Crippen molar-refractivity contribution >= 4 is 23.2 Å². The molecule has 0 aliphatic carbocycles. The second-order valence-corrected chi connectivity index (χ2v) is 4.27. The molecule has 1 aromatic carbocycles. The lowest BCUT2D eigenvalue weighted by molar-refractivity contribution is -0.384. The molecule has 0 spiro atoms. The van der Waals surface area contributed by atoms with E-state index in [0.29, 0.717) is 0 Å². The number of amides is 1. The molecule has 0 radical (unpaired) electrons. The summed E-state index contributed by atoms with van der Waals surface area (Å²) in [5.41, 5.74) is -0.140. The van der Waals surface area contributed by atoms with Crippen molar-refractivity contribution in [3.05, 3.63) is 33.3 Å². The molecule has 0 aliphatic heterocycles. The van der Waals surface area contributed by atoms with E-state index in [0.717, 1.165) is 0 Å². The maximum absolute atomic E-state index is 11.6. The second-order valence-electron chi connectivity index (χ2n) is 3.86. The van der Waals surface area contributed by atoms with Gasteiger partial charge in [-0.3, -0.25) is 14.9 Å². The number of hydrogen-bond donors (Lipinski definition) is 0. The van der Waals surface area contributed by atoms with Crippen LogP contribution in [0.1, 0.15) is 6.92 Å². The molecular formula is C11H13ClN2O4. The minimum atomic E-state index is -0.764. The van der Waals surface area contributed by atoms with Crippen LogP contribution in [-0.2, 0) is 4.79 Å². The zero-order valence-corrected chi connectivity index (χ0v) is 11.0. The van der Waals surface area contributed by atoms with Crippen LogP contribution >= 0.6 is 11.6 Å². The van der Waals surface area contributed by atoms with Gasteiger partial charge < -0.3 is 9.64 Å². The standard InChI is InChI=1S/C11H13ClN2O4/c1-7(11(15)13(2)3)18-10-6-8(14(16)17)4-5-9(10)12/h4-7H,1-3H3. The Labute approximate surface area is 109 Å². The van der Waals surface area contributed by atoms with Crippen molar-refractivity contribution in [2.24, 2.45) is 0 Å². The number of carbonyl (C=O) groups excluding carboxylic acids is 1. The van der Waals surface area contributed by atoms with Crippen molar-refractivity contribution in [2.45, 2.75) is 13.0 Å². The quantitative estimate of drug-likeness (QED) is 0.621. The number of nitrogens with zero attached hydrogens (tertiary/aromatic N) is 2. The summed E-state index contributed by atoms with van der Waals surface area (Å²) >= 11 is 5.86. The summed E-state index contributed by atoms with van der Waals surface area (Å²) in [6.45, 7) is 1.55. The fourth-order valence-electron chi connectivity index (χ4n) is 1.30. The van der Waals surface area contributed by atoms with E-state index in [1.165, 1.54) is 23.1 Å². The molecule has 0 N–H and O–H groups in total. The zero-order valence-electron chi connectivity index (χ0n) is 10.2. The van der Waals surface area contributed by atoms with Crippen LogP contribution in [0, 0.1) is 10.1 Å². The molecule has 7 heteroatoms. The molecule has 1 rings (SSSR count). The van der Waals surface area contributed by atoms with Crippen LogP contribution in [0.15, 0.2) is 18.2 Å². The van der Waals surface area contributed by atoms with Gasteiger partial charge in [0.25, 0.3) is 11.6 Å². The Morgan fingerprint density at radius 1 is 1.50 bits per heavy atom. The number of ether oxygens (including phenoxy) is 1. The zero-order chi connectivity index (χ0) is 13.9. The highest BCUT2D eigenvalue weighted by atomic mass is 35.5. The monoisotopic (exact) mass is 272 g/mol. The van der Waals surface area contributed by atoms with Gasteiger partial charge in [0.05, 0.1) is 16.0 Å². The predicted octanol–water partition coefficient (Wildman–Crippen LogP) is 2.10. The van der Waals surface area contributed by atoms with Crippen LogP contribution in [0.2, 0.25) is 5.02 Å². The number of nitro groups is 1. The first-order valence-corrected chi connectivity index (χ1v) is 5.52. The lowest BCUT2D eigenvalue weighted by Crippen LogP contribution is -2.35. The van der Waals surface area contributed by atoms with Crippen molar-refractivity contribution in [3.63, 3.8) is 0 Å². The summed E-state index contributed by atoms with van der Waals surface area (Å²) in [5.74, 6) is -0.133. The Kier molecular flexibility index (Phi) is 4.49. The van der Waals surface area contributed by atoms with Crippen molar-refractivity contribution in [2.75, 3.05) is 14.1 Å². The number of non-ortho nitro benzene ring substituents is 1. The highest BCUT2D eigenvalue weighted by molar-refractivity contribution is 6.32. The molecule has 0 saturated heterocycles. The van der Waals surface area contributed by atoms with Crippen LogP contribution in [0.25, 0.3) is 0 Å². The molecule has 18 heavy (non-hydrogen) atoms. The number of hydrogen-bond acceptors (Lipinski definition) is 4. The van der Waals surface area contributed by atoms with Crippen LogP contribution in [0.4, 0.5) is 5.69 Å². The Hall–Kier alpha value is -1.82. The van der Waals surface area contributed by atoms with E-state index in [4.69, 9.17) is 16.3 Å². The summed E-state index contributed by atoms with van der Waals surface area (Å²) < 4.78 is 5.33. The number of rotatable bonds is 4. The van der Waals surface area contributed by atoms with E-state index in [2.05, 4.69) is 0 Å². The molecule has 1 atom stereocenters. The van der Waals surface area contributed by atoms with Gasteiger partial charge in [-0.05, 0) is 13.0 Å². The van der Waals surface area contributed by atoms with Crippen molar-refractivity contribution in [3.8, 4) is 5.75 Å². The fourth-order valence-corrected chi connectivity index (χ4v) is 1.46. The number of nitro benzene ring substituents is 1. The molecule has 0 heterocycles. The summed E-state index contributed by atoms with van der Waals surface area (Å²) in [5, 5.41) is 10.8. The molecule has 0 bridgehead atoms. The first kappa shape index (κ1) is 14.2. The predicted molar refractivity (Wildman–Crippen MR) is 66.9 cm³/mol. The maximum atomic E-state index is 11.6. The average molecular weight is 273 g/mol. The largest absolute Gasteiger partial charge is 0.479 e. The smallest absolute Gasteiger partial charge is 0.273 e. The molecule has 0 aliphatic rings. The van der Waals surface area contributed by atoms with Crippen LogP contribution in [0.5, 0.6) is 5.75 Å². The van der Waals surface area contributed by atoms with Crippen molar-refractivity contribution < 1.29 is 14.5 Å². The van der Waals surface area contributed by atoms with Crippen LogP contribution in [-0.4, -0.2) is 35.9 Å². The Balaban J connectivity index is 2.93. The normalized spacial score (nSPS) is 11.8. The summed E-state index contributed by atoms with van der Waals surface area (Å²) in [6, 6.07) is 3.83. The van der Waals surface area contributed by atoms with Crippen LogP contribution < -0.4 is 4.74 Å². The Morgan fingerprint density at radius 2 is 2.11 bits per heavy atom. The highest BCUT2D eigenvalue weighted by Crippen LogP contribution is 2.29. The highest BCUT2D eigenvalue weighted by Gasteiger charge is 2.19. The van der Waals surface area contributed by atoms with Gasteiger partial charge in [0, 0.05) is 20.2 Å². The minimum Gasteiger partial charge on any atom is -0.479 e. The third-order valence-corrected chi connectivity index (χ3v) is 2.53. The molecule has 6 nitrogen and oxygen atoms in total. The van der Waals surface area contributed by atoms with Crippen molar-refractivity contribution in [1.82, 2.24) is 4.90 Å². The second kappa shape index (κ2) is 5.68. The molecule has 98 valence electrons. The van der Waals surface area contributed by atoms with Gasteiger partial charge in [-0.15, -0.1) is 0 Å². The molecule has 0 aromatic heterocycles. The average Bonchev–Trinajstić information content (AvgIpc) is 2.30. The summed E-state index contributed by atoms with van der Waals surface area (Å²) in [6.07, 6.45) is -0.764. The minimum absolute atomic E-state index is 0.119. The van der Waals surface area contributed by atoms with E-state index in [9.17, 15) is 14.9 Å². The summed E-state index contributed by atoms with van der Waals surface area (Å²) in [7, 11) is 3.19. The molecule has 1 amide bonds. The number of likely N-dealkylation sites (N-methyl/N-ethyl adjacent to an activating group) is 1. The van der Waals surface area contributed by atoms with Gasteiger partial charge in [-0.25, -0.2) is 0 Å².